The minimum absolute atomic E-state index is 0.0480. The van der Waals surface area contributed by atoms with E-state index in [4.69, 9.17) is 17.2 Å². The second-order valence-corrected chi connectivity index (χ2v) is 9.18. The zero-order valence-electron chi connectivity index (χ0n) is 20.6. The summed E-state index contributed by atoms with van der Waals surface area (Å²) < 4.78 is 0. The van der Waals surface area contributed by atoms with E-state index in [1.54, 1.807) is 13.8 Å². The number of hydrogen-bond donors (Lipinski definition) is 6. The molecule has 1 saturated heterocycles. The molecular weight excluding hydrogens is 442 g/mol. The number of carboxylic acid groups (broad SMARTS) is 1. The van der Waals surface area contributed by atoms with E-state index in [1.165, 1.54) is 4.90 Å². The van der Waals surface area contributed by atoms with Gasteiger partial charge in [-0.05, 0) is 37.5 Å². The number of nitrogens with one attached hydrogen (secondary N) is 2. The lowest BCUT2D eigenvalue weighted by Crippen LogP contribution is -2.58. The molecule has 12 nitrogen and oxygen atoms in total. The van der Waals surface area contributed by atoms with Crippen molar-refractivity contribution < 1.29 is 24.3 Å². The molecule has 12 heteroatoms. The molecule has 0 aromatic carbocycles. The Morgan fingerprint density at radius 1 is 1.15 bits per heavy atom. The van der Waals surface area contributed by atoms with Gasteiger partial charge in [0, 0.05) is 13.1 Å². The third-order valence-corrected chi connectivity index (χ3v) is 6.19. The minimum Gasteiger partial charge on any atom is -0.480 e. The lowest BCUT2D eigenvalue weighted by Gasteiger charge is -2.32. The van der Waals surface area contributed by atoms with Crippen LogP contribution in [-0.2, 0) is 19.2 Å². The Morgan fingerprint density at radius 3 is 2.32 bits per heavy atom. The van der Waals surface area contributed by atoms with Crippen LogP contribution in [0.5, 0.6) is 0 Å². The smallest absolute Gasteiger partial charge is 0.326 e. The molecule has 34 heavy (non-hydrogen) atoms. The summed E-state index contributed by atoms with van der Waals surface area (Å²) in [7, 11) is 0. The molecule has 3 amide bonds. The van der Waals surface area contributed by atoms with Gasteiger partial charge in [0.1, 0.15) is 18.1 Å². The van der Waals surface area contributed by atoms with Crippen molar-refractivity contribution in [3.63, 3.8) is 0 Å². The summed E-state index contributed by atoms with van der Waals surface area (Å²) in [6.07, 6.45) is 2.22. The normalized spacial score (nSPS) is 19.1. The highest BCUT2D eigenvalue weighted by atomic mass is 16.4. The van der Waals surface area contributed by atoms with Gasteiger partial charge in [-0.15, -0.1) is 0 Å². The van der Waals surface area contributed by atoms with E-state index in [0.29, 0.717) is 25.8 Å². The number of carboxylic acids is 1. The molecule has 0 aromatic rings. The van der Waals surface area contributed by atoms with Crippen LogP contribution in [-0.4, -0.2) is 76.9 Å². The van der Waals surface area contributed by atoms with Crippen LogP contribution in [0.4, 0.5) is 0 Å². The molecule has 1 rings (SSSR count). The zero-order chi connectivity index (χ0) is 26.0. The molecule has 1 aliphatic rings. The SMILES string of the molecule is CCC(C)C(N)C(=O)NC(C(=O)N1CCCC1C(=O)NC(CCCN=C(N)N)C(=O)O)C(C)C. The van der Waals surface area contributed by atoms with Gasteiger partial charge in [-0.3, -0.25) is 19.4 Å². The number of guanidine groups is 1. The number of amides is 3. The van der Waals surface area contributed by atoms with E-state index < -0.39 is 42.0 Å². The molecule has 0 spiro atoms. The van der Waals surface area contributed by atoms with Crippen LogP contribution in [0.1, 0.15) is 59.8 Å². The van der Waals surface area contributed by atoms with E-state index in [-0.39, 0.29) is 36.7 Å². The predicted molar refractivity (Wildman–Crippen MR) is 128 cm³/mol. The van der Waals surface area contributed by atoms with Crippen molar-refractivity contribution in [2.45, 2.75) is 84.0 Å². The number of carbonyl (C=O) groups is 4. The Labute approximate surface area is 201 Å². The molecule has 1 aliphatic heterocycles. The van der Waals surface area contributed by atoms with Gasteiger partial charge in [-0.2, -0.15) is 0 Å². The van der Waals surface area contributed by atoms with Crippen molar-refractivity contribution in [3.8, 4) is 0 Å². The van der Waals surface area contributed by atoms with E-state index in [1.807, 2.05) is 13.8 Å². The summed E-state index contributed by atoms with van der Waals surface area (Å²) in [6.45, 7) is 7.99. The highest BCUT2D eigenvalue weighted by molar-refractivity contribution is 5.94. The van der Waals surface area contributed by atoms with Crippen LogP contribution < -0.4 is 27.8 Å². The van der Waals surface area contributed by atoms with Gasteiger partial charge in [-0.1, -0.05) is 34.1 Å². The quantitative estimate of drug-likeness (QED) is 0.110. The number of aliphatic imine (C=N–C) groups is 1. The third-order valence-electron chi connectivity index (χ3n) is 6.19. The molecule has 5 atom stereocenters. The molecule has 0 aromatic heterocycles. The van der Waals surface area contributed by atoms with Crippen molar-refractivity contribution in [1.82, 2.24) is 15.5 Å². The molecule has 0 aliphatic carbocycles. The fraction of sp³-hybridized carbons (Fsp3) is 0.773. The summed E-state index contributed by atoms with van der Waals surface area (Å²) in [5.41, 5.74) is 16.5. The summed E-state index contributed by atoms with van der Waals surface area (Å²) >= 11 is 0. The Bertz CT molecular complexity index is 754. The standard InChI is InChI=1S/C22H41N7O5/c1-5-13(4)16(23)19(31)28-17(12(2)3)20(32)29-11-7-9-15(29)18(30)27-14(21(33)34)8-6-10-26-22(24)25/h12-17H,5-11,23H2,1-4H3,(H,27,30)(H,28,31)(H,33,34)(H4,24,25,26). The topological polar surface area (TPSA) is 206 Å². The van der Waals surface area contributed by atoms with Crippen molar-refractivity contribution in [2.75, 3.05) is 13.1 Å². The van der Waals surface area contributed by atoms with Crippen LogP contribution in [0, 0.1) is 11.8 Å². The number of likely N-dealkylation sites (tertiary alicyclic amines) is 1. The van der Waals surface area contributed by atoms with E-state index in [0.717, 1.165) is 6.42 Å². The number of hydrogen-bond acceptors (Lipinski definition) is 6. The van der Waals surface area contributed by atoms with Gasteiger partial charge < -0.3 is 37.8 Å². The Kier molecular flexibility index (Phi) is 11.8. The second-order valence-electron chi connectivity index (χ2n) is 9.18. The van der Waals surface area contributed by atoms with E-state index >= 15 is 0 Å². The lowest BCUT2D eigenvalue weighted by atomic mass is 9.97. The number of nitrogens with zero attached hydrogens (tertiary/aromatic N) is 2. The van der Waals surface area contributed by atoms with Crippen LogP contribution in [0.15, 0.2) is 4.99 Å². The van der Waals surface area contributed by atoms with Gasteiger partial charge >= 0.3 is 5.97 Å². The summed E-state index contributed by atoms with van der Waals surface area (Å²) in [4.78, 5) is 55.7. The molecule has 194 valence electrons. The van der Waals surface area contributed by atoms with Gasteiger partial charge in [0.15, 0.2) is 5.96 Å². The van der Waals surface area contributed by atoms with E-state index in [2.05, 4.69) is 15.6 Å². The largest absolute Gasteiger partial charge is 0.480 e. The Hall–Kier alpha value is -2.89. The number of aliphatic carboxylic acids is 1. The van der Waals surface area contributed by atoms with Gasteiger partial charge in [0.25, 0.3) is 0 Å². The van der Waals surface area contributed by atoms with Crippen molar-refractivity contribution >= 4 is 29.7 Å². The number of nitrogens with two attached hydrogens (primary N) is 3. The molecule has 0 radical (unpaired) electrons. The highest BCUT2D eigenvalue weighted by Gasteiger charge is 2.40. The first kappa shape index (κ1) is 29.1. The average molecular weight is 484 g/mol. The first-order chi connectivity index (χ1) is 15.9. The molecule has 0 bridgehead atoms. The Morgan fingerprint density at radius 2 is 1.79 bits per heavy atom. The van der Waals surface area contributed by atoms with Crippen molar-refractivity contribution in [3.05, 3.63) is 0 Å². The summed E-state index contributed by atoms with van der Waals surface area (Å²) in [5.74, 6) is -2.87. The summed E-state index contributed by atoms with van der Waals surface area (Å²) in [6, 6.07) is -3.53. The maximum atomic E-state index is 13.3. The first-order valence-corrected chi connectivity index (χ1v) is 11.9. The minimum atomic E-state index is -1.18. The molecule has 0 saturated carbocycles. The Balaban J connectivity index is 2.87. The molecule has 1 fully saturated rings. The van der Waals surface area contributed by atoms with Crippen molar-refractivity contribution in [2.24, 2.45) is 34.0 Å². The maximum Gasteiger partial charge on any atom is 0.326 e. The van der Waals surface area contributed by atoms with Crippen LogP contribution in [0.2, 0.25) is 0 Å². The zero-order valence-corrected chi connectivity index (χ0v) is 20.6. The van der Waals surface area contributed by atoms with Gasteiger partial charge in [-0.25, -0.2) is 4.79 Å². The first-order valence-electron chi connectivity index (χ1n) is 11.9. The lowest BCUT2D eigenvalue weighted by molar-refractivity contribution is -0.145. The number of rotatable bonds is 13. The highest BCUT2D eigenvalue weighted by Crippen LogP contribution is 2.21. The van der Waals surface area contributed by atoms with Gasteiger partial charge in [0.05, 0.1) is 6.04 Å². The van der Waals surface area contributed by atoms with Crippen LogP contribution in [0.25, 0.3) is 0 Å². The van der Waals surface area contributed by atoms with Crippen LogP contribution in [0.3, 0.4) is 0 Å². The molecule has 9 N–H and O–H groups in total. The summed E-state index contributed by atoms with van der Waals surface area (Å²) in [5, 5.41) is 14.8. The molecule has 1 heterocycles. The number of carbonyl (C=O) groups excluding carboxylic acids is 3. The monoisotopic (exact) mass is 483 g/mol. The second kappa shape index (κ2) is 13.7. The van der Waals surface area contributed by atoms with E-state index in [9.17, 15) is 24.3 Å². The fourth-order valence-electron chi connectivity index (χ4n) is 3.79. The average Bonchev–Trinajstić information content (AvgIpc) is 3.27. The van der Waals surface area contributed by atoms with Gasteiger partial charge in [0.2, 0.25) is 17.7 Å². The third kappa shape index (κ3) is 8.47. The fourth-order valence-corrected chi connectivity index (χ4v) is 3.79. The molecular formula is C22H41N7O5. The van der Waals surface area contributed by atoms with Crippen molar-refractivity contribution in [1.29, 1.82) is 0 Å². The predicted octanol–water partition coefficient (Wildman–Crippen LogP) is -0.885. The maximum absolute atomic E-state index is 13.3. The van der Waals surface area contributed by atoms with Crippen LogP contribution >= 0.6 is 0 Å². The molecule has 5 unspecified atom stereocenters.